The molecular formula is C15H24FN3O. The number of nitrogens with zero attached hydrogens (tertiary/aromatic N) is 1. The molecule has 0 aliphatic carbocycles. The number of hydrazine groups is 1. The van der Waals surface area contributed by atoms with Gasteiger partial charge in [-0.15, -0.1) is 0 Å². The topological polar surface area (TPSA) is 50.5 Å². The van der Waals surface area contributed by atoms with E-state index in [0.29, 0.717) is 11.3 Å². The van der Waals surface area contributed by atoms with E-state index in [1.54, 1.807) is 12.1 Å². The zero-order valence-electron chi connectivity index (χ0n) is 12.4. The molecular weight excluding hydrogens is 257 g/mol. The minimum atomic E-state index is -0.292. The SMILES string of the molecule is COc1ccc(C(NN)C(C)(C)N2CCCC2)c(F)c1. The highest BCUT2D eigenvalue weighted by Crippen LogP contribution is 2.35. The third-order valence-corrected chi connectivity index (χ3v) is 4.31. The predicted molar refractivity (Wildman–Crippen MR) is 77.9 cm³/mol. The van der Waals surface area contributed by atoms with E-state index in [1.807, 2.05) is 0 Å². The van der Waals surface area contributed by atoms with Crippen molar-refractivity contribution in [3.8, 4) is 5.75 Å². The lowest BCUT2D eigenvalue weighted by Gasteiger charge is -2.42. The Hall–Kier alpha value is -1.17. The fraction of sp³-hybridized carbons (Fsp3) is 0.600. The van der Waals surface area contributed by atoms with Crippen LogP contribution in [-0.4, -0.2) is 30.6 Å². The van der Waals surface area contributed by atoms with Crippen molar-refractivity contribution >= 4 is 0 Å². The number of benzene rings is 1. The second-order valence-electron chi connectivity index (χ2n) is 5.83. The fourth-order valence-corrected chi connectivity index (χ4v) is 3.02. The van der Waals surface area contributed by atoms with E-state index in [-0.39, 0.29) is 17.4 Å². The van der Waals surface area contributed by atoms with Crippen molar-refractivity contribution in [3.63, 3.8) is 0 Å². The van der Waals surface area contributed by atoms with Crippen LogP contribution in [-0.2, 0) is 0 Å². The van der Waals surface area contributed by atoms with E-state index in [1.165, 1.54) is 26.0 Å². The van der Waals surface area contributed by atoms with Crippen molar-refractivity contribution < 1.29 is 9.13 Å². The van der Waals surface area contributed by atoms with E-state index in [9.17, 15) is 4.39 Å². The zero-order valence-corrected chi connectivity index (χ0v) is 12.4. The van der Waals surface area contributed by atoms with Gasteiger partial charge in [0.1, 0.15) is 11.6 Å². The molecule has 0 aromatic heterocycles. The molecule has 1 saturated heterocycles. The number of ether oxygens (including phenoxy) is 1. The Kier molecular flexibility index (Phi) is 4.62. The Morgan fingerprint density at radius 2 is 2.00 bits per heavy atom. The maximum absolute atomic E-state index is 14.3. The van der Waals surface area contributed by atoms with Gasteiger partial charge >= 0.3 is 0 Å². The second kappa shape index (κ2) is 6.08. The number of nitrogens with two attached hydrogens (primary N) is 1. The van der Waals surface area contributed by atoms with Gasteiger partial charge in [0.05, 0.1) is 13.2 Å². The lowest BCUT2D eigenvalue weighted by atomic mass is 9.87. The van der Waals surface area contributed by atoms with Crippen LogP contribution >= 0.6 is 0 Å². The average molecular weight is 281 g/mol. The molecule has 0 saturated carbocycles. The van der Waals surface area contributed by atoms with Gasteiger partial charge in [-0.3, -0.25) is 16.2 Å². The summed E-state index contributed by atoms with van der Waals surface area (Å²) in [4.78, 5) is 2.36. The van der Waals surface area contributed by atoms with Crippen LogP contribution in [0.1, 0.15) is 38.3 Å². The van der Waals surface area contributed by atoms with E-state index in [2.05, 4.69) is 24.2 Å². The lowest BCUT2D eigenvalue weighted by molar-refractivity contribution is 0.105. The molecule has 4 nitrogen and oxygen atoms in total. The molecule has 2 rings (SSSR count). The van der Waals surface area contributed by atoms with Crippen LogP contribution in [0.3, 0.4) is 0 Å². The first-order chi connectivity index (χ1) is 9.50. The maximum Gasteiger partial charge on any atom is 0.131 e. The molecule has 1 aromatic rings. The molecule has 1 atom stereocenters. The van der Waals surface area contributed by atoms with Gasteiger partial charge in [-0.2, -0.15) is 0 Å². The molecule has 20 heavy (non-hydrogen) atoms. The summed E-state index contributed by atoms with van der Waals surface area (Å²) in [5.74, 6) is 5.95. The number of methoxy groups -OCH3 is 1. The van der Waals surface area contributed by atoms with Crippen LogP contribution in [0.2, 0.25) is 0 Å². The summed E-state index contributed by atoms with van der Waals surface area (Å²) in [5.41, 5.74) is 3.12. The first kappa shape index (κ1) is 15.2. The minimum absolute atomic E-state index is 0.249. The van der Waals surface area contributed by atoms with Crippen LogP contribution in [0, 0.1) is 5.82 Å². The lowest BCUT2D eigenvalue weighted by Crippen LogP contribution is -2.53. The van der Waals surface area contributed by atoms with Gasteiger partial charge in [-0.05, 0) is 45.8 Å². The highest BCUT2D eigenvalue weighted by molar-refractivity contribution is 5.32. The van der Waals surface area contributed by atoms with Crippen LogP contribution in [0.4, 0.5) is 4.39 Å². The smallest absolute Gasteiger partial charge is 0.131 e. The summed E-state index contributed by atoms with van der Waals surface area (Å²) >= 11 is 0. The van der Waals surface area contributed by atoms with Crippen LogP contribution in [0.5, 0.6) is 5.75 Å². The summed E-state index contributed by atoms with van der Waals surface area (Å²) in [5, 5.41) is 0. The second-order valence-corrected chi connectivity index (χ2v) is 5.83. The number of likely N-dealkylation sites (tertiary alicyclic amines) is 1. The van der Waals surface area contributed by atoms with E-state index >= 15 is 0 Å². The first-order valence-corrected chi connectivity index (χ1v) is 7.05. The fourth-order valence-electron chi connectivity index (χ4n) is 3.02. The average Bonchev–Trinajstić information content (AvgIpc) is 2.95. The Morgan fingerprint density at radius 3 is 2.50 bits per heavy atom. The molecule has 1 unspecified atom stereocenters. The number of halogens is 1. The van der Waals surface area contributed by atoms with Crippen molar-refractivity contribution in [2.45, 2.75) is 38.3 Å². The summed E-state index contributed by atoms with van der Waals surface area (Å²) in [6, 6.07) is 4.64. The van der Waals surface area contributed by atoms with Gasteiger partial charge in [0.2, 0.25) is 0 Å². The Balaban J connectivity index is 2.31. The van der Waals surface area contributed by atoms with Gasteiger partial charge in [0, 0.05) is 17.2 Å². The molecule has 5 heteroatoms. The van der Waals surface area contributed by atoms with E-state index < -0.39 is 0 Å². The molecule has 1 aliphatic heterocycles. The quantitative estimate of drug-likeness (QED) is 0.642. The maximum atomic E-state index is 14.3. The molecule has 0 amide bonds. The zero-order chi connectivity index (χ0) is 14.8. The summed E-state index contributed by atoms with van der Waals surface area (Å²) in [7, 11) is 1.53. The van der Waals surface area contributed by atoms with Crippen molar-refractivity contribution in [2.75, 3.05) is 20.2 Å². The number of hydrogen-bond acceptors (Lipinski definition) is 4. The normalized spacial score (nSPS) is 18.2. The van der Waals surface area contributed by atoms with Gasteiger partial charge in [-0.1, -0.05) is 6.07 Å². The predicted octanol–water partition coefficient (Wildman–Crippen LogP) is 2.21. The molecule has 0 spiro atoms. The molecule has 1 fully saturated rings. The monoisotopic (exact) mass is 281 g/mol. The van der Waals surface area contributed by atoms with Crippen molar-refractivity contribution in [1.29, 1.82) is 0 Å². The molecule has 0 bridgehead atoms. The molecule has 3 N–H and O–H groups in total. The first-order valence-electron chi connectivity index (χ1n) is 7.05. The van der Waals surface area contributed by atoms with Crippen molar-refractivity contribution in [1.82, 2.24) is 10.3 Å². The molecule has 1 heterocycles. The molecule has 1 aromatic carbocycles. The van der Waals surface area contributed by atoms with Crippen molar-refractivity contribution in [2.24, 2.45) is 5.84 Å². The molecule has 112 valence electrons. The Labute approximate surface area is 120 Å². The number of nitrogens with one attached hydrogen (secondary N) is 1. The Morgan fingerprint density at radius 1 is 1.35 bits per heavy atom. The van der Waals surface area contributed by atoms with Gasteiger partial charge in [0.15, 0.2) is 0 Å². The standard InChI is InChI=1S/C15H24FN3O/c1-15(2,19-8-4-5-9-19)14(18-17)12-7-6-11(20-3)10-13(12)16/h6-7,10,14,18H,4-5,8-9,17H2,1-3H3. The van der Waals surface area contributed by atoms with Crippen LogP contribution < -0.4 is 16.0 Å². The molecule has 0 radical (unpaired) electrons. The number of rotatable bonds is 5. The molecule has 1 aliphatic rings. The summed E-state index contributed by atoms with van der Waals surface area (Å²) < 4.78 is 19.3. The number of hydrogen-bond donors (Lipinski definition) is 2. The largest absolute Gasteiger partial charge is 0.497 e. The summed E-state index contributed by atoms with van der Waals surface area (Å²) in [6.07, 6.45) is 2.37. The highest BCUT2D eigenvalue weighted by Gasteiger charge is 2.38. The minimum Gasteiger partial charge on any atom is -0.497 e. The summed E-state index contributed by atoms with van der Waals surface area (Å²) in [6.45, 7) is 6.27. The Bertz CT molecular complexity index is 458. The van der Waals surface area contributed by atoms with Gasteiger partial charge < -0.3 is 4.74 Å². The third kappa shape index (κ3) is 2.80. The third-order valence-electron chi connectivity index (χ3n) is 4.31. The van der Waals surface area contributed by atoms with Gasteiger partial charge in [0.25, 0.3) is 0 Å². The van der Waals surface area contributed by atoms with Gasteiger partial charge in [-0.25, -0.2) is 4.39 Å². The van der Waals surface area contributed by atoms with Crippen LogP contribution in [0.15, 0.2) is 18.2 Å². The van der Waals surface area contributed by atoms with E-state index in [0.717, 1.165) is 13.1 Å². The van der Waals surface area contributed by atoms with E-state index in [4.69, 9.17) is 10.6 Å². The highest BCUT2D eigenvalue weighted by atomic mass is 19.1. The van der Waals surface area contributed by atoms with Crippen molar-refractivity contribution in [3.05, 3.63) is 29.6 Å². The van der Waals surface area contributed by atoms with Crippen LogP contribution in [0.25, 0.3) is 0 Å².